The molecule has 1 aromatic carbocycles. The lowest BCUT2D eigenvalue weighted by molar-refractivity contribution is -0.143. The first-order valence-corrected chi connectivity index (χ1v) is 7.82. The molecule has 6 nitrogen and oxygen atoms in total. The molecule has 0 radical (unpaired) electrons. The minimum atomic E-state index is -0.777. The molecule has 2 rings (SSSR count). The summed E-state index contributed by atoms with van der Waals surface area (Å²) in [7, 11) is 1.62. The lowest BCUT2D eigenvalue weighted by atomic mass is 9.95. The van der Waals surface area contributed by atoms with Crippen molar-refractivity contribution in [1.82, 2.24) is 10.2 Å². The van der Waals surface area contributed by atoms with E-state index in [0.717, 1.165) is 5.56 Å². The van der Waals surface area contributed by atoms with Crippen molar-refractivity contribution in [3.63, 3.8) is 0 Å². The summed E-state index contributed by atoms with van der Waals surface area (Å²) in [6, 6.07) is 9.57. The van der Waals surface area contributed by atoms with Gasteiger partial charge >= 0.3 is 12.0 Å². The highest BCUT2D eigenvalue weighted by atomic mass is 16.5. The molecular formula is C17H24N2O4. The number of urea groups is 1. The standard InChI is InChI=1S/C17H24N2O4/c1-17(23-2,14-6-4-3-5-7-14)12-18-16(22)19-10-8-13(9-11-19)15(20)21/h3-7,13H,8-12H2,1-2H3,(H,18,22)(H,20,21). The number of ether oxygens (including phenoxy) is 1. The predicted molar refractivity (Wildman–Crippen MR) is 86.1 cm³/mol. The maximum atomic E-state index is 12.3. The third-order valence-corrected chi connectivity index (χ3v) is 4.54. The number of piperidine rings is 1. The predicted octanol–water partition coefficient (Wildman–Crippen LogP) is 2.05. The molecule has 1 heterocycles. The minimum absolute atomic E-state index is 0.173. The average Bonchev–Trinajstić information content (AvgIpc) is 2.60. The number of nitrogens with zero attached hydrogens (tertiary/aromatic N) is 1. The van der Waals surface area contributed by atoms with Crippen LogP contribution in [0.15, 0.2) is 30.3 Å². The van der Waals surface area contributed by atoms with E-state index in [9.17, 15) is 9.59 Å². The Morgan fingerprint density at radius 2 is 1.91 bits per heavy atom. The molecule has 1 saturated heterocycles. The monoisotopic (exact) mass is 320 g/mol. The molecule has 0 aromatic heterocycles. The van der Waals surface area contributed by atoms with Crippen LogP contribution in [0.5, 0.6) is 0 Å². The Kier molecular flexibility index (Phi) is 5.60. The van der Waals surface area contributed by atoms with Crippen molar-refractivity contribution in [2.24, 2.45) is 5.92 Å². The zero-order chi connectivity index (χ0) is 16.9. The van der Waals surface area contributed by atoms with Gasteiger partial charge in [0.25, 0.3) is 0 Å². The quantitative estimate of drug-likeness (QED) is 0.870. The topological polar surface area (TPSA) is 78.9 Å². The minimum Gasteiger partial charge on any atom is -0.481 e. The summed E-state index contributed by atoms with van der Waals surface area (Å²) >= 11 is 0. The van der Waals surface area contributed by atoms with Gasteiger partial charge in [-0.3, -0.25) is 4.79 Å². The van der Waals surface area contributed by atoms with Crippen molar-refractivity contribution in [2.45, 2.75) is 25.4 Å². The largest absolute Gasteiger partial charge is 0.481 e. The Balaban J connectivity index is 1.90. The number of carboxylic acids is 1. The van der Waals surface area contributed by atoms with E-state index in [4.69, 9.17) is 9.84 Å². The number of carbonyl (C=O) groups excluding carboxylic acids is 1. The zero-order valence-electron chi connectivity index (χ0n) is 13.6. The molecule has 0 bridgehead atoms. The van der Waals surface area contributed by atoms with Crippen LogP contribution in [-0.4, -0.2) is 48.8 Å². The Morgan fingerprint density at radius 1 is 1.30 bits per heavy atom. The number of likely N-dealkylation sites (tertiary alicyclic amines) is 1. The van der Waals surface area contributed by atoms with E-state index in [1.54, 1.807) is 12.0 Å². The van der Waals surface area contributed by atoms with Gasteiger partial charge in [0.1, 0.15) is 5.60 Å². The van der Waals surface area contributed by atoms with Crippen LogP contribution in [0.3, 0.4) is 0 Å². The fourth-order valence-corrected chi connectivity index (χ4v) is 2.77. The fourth-order valence-electron chi connectivity index (χ4n) is 2.77. The van der Waals surface area contributed by atoms with Crippen molar-refractivity contribution in [2.75, 3.05) is 26.7 Å². The van der Waals surface area contributed by atoms with E-state index in [1.165, 1.54) is 0 Å². The lowest BCUT2D eigenvalue weighted by Gasteiger charge is -2.33. The third kappa shape index (κ3) is 4.22. The van der Waals surface area contributed by atoms with E-state index in [0.29, 0.717) is 32.5 Å². The van der Waals surface area contributed by atoms with E-state index >= 15 is 0 Å². The fraction of sp³-hybridized carbons (Fsp3) is 0.529. The van der Waals surface area contributed by atoms with E-state index in [2.05, 4.69) is 5.32 Å². The Bertz CT molecular complexity index is 541. The van der Waals surface area contributed by atoms with E-state index < -0.39 is 11.6 Å². The molecule has 1 atom stereocenters. The summed E-state index contributed by atoms with van der Waals surface area (Å²) in [4.78, 5) is 24.9. The molecular weight excluding hydrogens is 296 g/mol. The second-order valence-electron chi connectivity index (χ2n) is 6.06. The van der Waals surface area contributed by atoms with Crippen LogP contribution < -0.4 is 5.32 Å². The summed E-state index contributed by atoms with van der Waals surface area (Å²) in [5.74, 6) is -1.12. The van der Waals surface area contributed by atoms with Crippen LogP contribution in [0.2, 0.25) is 0 Å². The van der Waals surface area contributed by atoms with Crippen LogP contribution in [-0.2, 0) is 15.1 Å². The van der Waals surface area contributed by atoms with Crippen LogP contribution >= 0.6 is 0 Å². The van der Waals surface area contributed by atoms with Gasteiger partial charge in [0.05, 0.1) is 12.5 Å². The van der Waals surface area contributed by atoms with Gasteiger partial charge in [-0.1, -0.05) is 30.3 Å². The van der Waals surface area contributed by atoms with Crippen LogP contribution in [0.25, 0.3) is 0 Å². The molecule has 1 unspecified atom stereocenters. The molecule has 0 aliphatic carbocycles. The number of aliphatic carboxylic acids is 1. The Labute approximate surface area is 136 Å². The van der Waals surface area contributed by atoms with Gasteiger partial charge in [0.2, 0.25) is 0 Å². The van der Waals surface area contributed by atoms with Gasteiger partial charge in [-0.05, 0) is 25.3 Å². The maximum absolute atomic E-state index is 12.3. The number of hydrogen-bond acceptors (Lipinski definition) is 3. The van der Waals surface area contributed by atoms with Gasteiger partial charge < -0.3 is 20.1 Å². The highest BCUT2D eigenvalue weighted by Gasteiger charge is 2.30. The normalized spacial score (nSPS) is 18.3. The number of hydrogen-bond donors (Lipinski definition) is 2. The summed E-state index contributed by atoms with van der Waals surface area (Å²) in [6.45, 7) is 3.22. The van der Waals surface area contributed by atoms with Gasteiger partial charge in [0.15, 0.2) is 0 Å². The molecule has 1 aliphatic rings. The Morgan fingerprint density at radius 3 is 2.43 bits per heavy atom. The highest BCUT2D eigenvalue weighted by molar-refractivity contribution is 5.75. The van der Waals surface area contributed by atoms with Crippen molar-refractivity contribution in [1.29, 1.82) is 0 Å². The summed E-state index contributed by atoms with van der Waals surface area (Å²) < 4.78 is 5.60. The van der Waals surface area contributed by atoms with Crippen molar-refractivity contribution < 1.29 is 19.4 Å². The molecule has 23 heavy (non-hydrogen) atoms. The second-order valence-corrected chi connectivity index (χ2v) is 6.06. The molecule has 0 saturated carbocycles. The first kappa shape index (κ1) is 17.3. The summed E-state index contributed by atoms with van der Waals surface area (Å²) in [5, 5.41) is 11.9. The first-order chi connectivity index (χ1) is 11.0. The van der Waals surface area contributed by atoms with Gasteiger partial charge in [-0.25, -0.2) is 4.79 Å². The third-order valence-electron chi connectivity index (χ3n) is 4.54. The van der Waals surface area contributed by atoms with Gasteiger partial charge in [-0.2, -0.15) is 0 Å². The average molecular weight is 320 g/mol. The molecule has 0 spiro atoms. The molecule has 126 valence electrons. The number of benzene rings is 1. The molecule has 6 heteroatoms. The summed E-state index contributed by atoms with van der Waals surface area (Å²) in [5.41, 5.74) is 0.392. The zero-order valence-corrected chi connectivity index (χ0v) is 13.6. The van der Waals surface area contributed by atoms with Crippen molar-refractivity contribution in [3.05, 3.63) is 35.9 Å². The number of rotatable bonds is 5. The number of nitrogens with one attached hydrogen (secondary N) is 1. The van der Waals surface area contributed by atoms with Crippen LogP contribution in [0.4, 0.5) is 4.79 Å². The molecule has 2 N–H and O–H groups in total. The van der Waals surface area contributed by atoms with E-state index in [-0.39, 0.29) is 11.9 Å². The van der Waals surface area contributed by atoms with Crippen molar-refractivity contribution >= 4 is 12.0 Å². The smallest absolute Gasteiger partial charge is 0.317 e. The molecule has 1 aromatic rings. The van der Waals surface area contributed by atoms with Gasteiger partial charge in [0, 0.05) is 20.2 Å². The van der Waals surface area contributed by atoms with Crippen molar-refractivity contribution in [3.8, 4) is 0 Å². The molecule has 1 aliphatic heterocycles. The molecule has 2 amide bonds. The molecule has 1 fully saturated rings. The number of amides is 2. The van der Waals surface area contributed by atoms with Crippen LogP contribution in [0.1, 0.15) is 25.3 Å². The van der Waals surface area contributed by atoms with E-state index in [1.807, 2.05) is 37.3 Å². The van der Waals surface area contributed by atoms with Crippen LogP contribution in [0, 0.1) is 5.92 Å². The van der Waals surface area contributed by atoms with Gasteiger partial charge in [-0.15, -0.1) is 0 Å². The highest BCUT2D eigenvalue weighted by Crippen LogP contribution is 2.24. The maximum Gasteiger partial charge on any atom is 0.317 e. The number of carboxylic acid groups (broad SMARTS) is 1. The number of methoxy groups -OCH3 is 1. The Hall–Kier alpha value is -2.08. The number of carbonyl (C=O) groups is 2. The SMILES string of the molecule is COC(C)(CNC(=O)N1CCC(C(=O)O)CC1)c1ccccc1. The lowest BCUT2D eigenvalue weighted by Crippen LogP contribution is -2.49. The first-order valence-electron chi connectivity index (χ1n) is 7.82. The second kappa shape index (κ2) is 7.46. The summed E-state index contributed by atoms with van der Waals surface area (Å²) in [6.07, 6.45) is 1.01.